The molecule has 0 aromatic carbocycles. The van der Waals surface area contributed by atoms with Gasteiger partial charge in [-0.3, -0.25) is 37.3 Å². The third-order valence-electron chi connectivity index (χ3n) is 19.9. The highest BCUT2D eigenvalue weighted by atomic mass is 31.2. The van der Waals surface area contributed by atoms with Crippen molar-refractivity contribution in [1.82, 2.24) is 0 Å². The van der Waals surface area contributed by atoms with Gasteiger partial charge in [0, 0.05) is 25.7 Å². The van der Waals surface area contributed by atoms with E-state index in [1.165, 1.54) is 218 Å². The van der Waals surface area contributed by atoms with Crippen LogP contribution in [-0.4, -0.2) is 96.7 Å². The summed E-state index contributed by atoms with van der Waals surface area (Å²) in [6.07, 6.45) is 68.9. The van der Waals surface area contributed by atoms with Gasteiger partial charge in [0.1, 0.15) is 19.3 Å². The van der Waals surface area contributed by atoms with Crippen molar-refractivity contribution in [1.29, 1.82) is 0 Å². The molecule has 105 heavy (non-hydrogen) atoms. The second kappa shape index (κ2) is 75.6. The fraction of sp³-hybridized carbons (Fsp3) is 0.907. The van der Waals surface area contributed by atoms with Crippen LogP contribution < -0.4 is 0 Å². The topological polar surface area (TPSA) is 237 Å². The first-order valence-electron chi connectivity index (χ1n) is 43.7. The zero-order valence-corrected chi connectivity index (χ0v) is 70.5. The molecule has 0 aliphatic heterocycles. The van der Waals surface area contributed by atoms with Gasteiger partial charge in [0.05, 0.1) is 26.4 Å². The molecule has 0 aromatic rings. The van der Waals surface area contributed by atoms with Crippen LogP contribution in [0.3, 0.4) is 0 Å². The van der Waals surface area contributed by atoms with E-state index < -0.39 is 97.5 Å². The normalized spacial score (nSPS) is 14.3. The Kier molecular flexibility index (Phi) is 73.8. The summed E-state index contributed by atoms with van der Waals surface area (Å²) in [7, 11) is -9.94. The lowest BCUT2D eigenvalue weighted by Gasteiger charge is -2.21. The molecule has 3 unspecified atom stereocenters. The van der Waals surface area contributed by atoms with Crippen LogP contribution in [0.5, 0.6) is 0 Å². The van der Waals surface area contributed by atoms with E-state index in [2.05, 4.69) is 72.8 Å². The van der Waals surface area contributed by atoms with Gasteiger partial charge in [0.15, 0.2) is 12.2 Å². The summed E-state index contributed by atoms with van der Waals surface area (Å²) in [5, 5.41) is 10.7. The van der Waals surface area contributed by atoms with E-state index in [9.17, 15) is 43.2 Å². The van der Waals surface area contributed by atoms with Crippen LogP contribution in [0.2, 0.25) is 0 Å². The van der Waals surface area contributed by atoms with Gasteiger partial charge in [0.2, 0.25) is 0 Å². The molecule has 620 valence electrons. The minimum atomic E-state index is -4.97. The largest absolute Gasteiger partial charge is 0.472 e. The maximum atomic E-state index is 13.1. The molecule has 0 fully saturated rings. The summed E-state index contributed by atoms with van der Waals surface area (Å²) >= 11 is 0. The number of carbonyl (C=O) groups excluding carboxylic acids is 4. The quantitative estimate of drug-likeness (QED) is 0.0169. The Balaban J connectivity index is 5.23. The van der Waals surface area contributed by atoms with E-state index >= 15 is 0 Å². The molecule has 0 aliphatic rings. The molecule has 0 spiro atoms. The van der Waals surface area contributed by atoms with Gasteiger partial charge in [-0.1, -0.05) is 375 Å². The number of aliphatic hydroxyl groups is 1. The average molecular weight is 1530 g/mol. The first-order chi connectivity index (χ1) is 50.8. The molecule has 19 heteroatoms. The Morgan fingerprint density at radius 1 is 0.314 bits per heavy atom. The lowest BCUT2D eigenvalue weighted by Crippen LogP contribution is -2.30. The van der Waals surface area contributed by atoms with Gasteiger partial charge in [-0.2, -0.15) is 0 Å². The van der Waals surface area contributed by atoms with E-state index in [-0.39, 0.29) is 25.7 Å². The number of phosphoric ester groups is 2. The smallest absolute Gasteiger partial charge is 0.462 e. The van der Waals surface area contributed by atoms with Crippen molar-refractivity contribution in [2.24, 2.45) is 17.8 Å². The summed E-state index contributed by atoms with van der Waals surface area (Å²) in [5.41, 5.74) is 0. The van der Waals surface area contributed by atoms with Gasteiger partial charge in [-0.15, -0.1) is 0 Å². The third kappa shape index (κ3) is 78.0. The standard InChI is InChI=1S/C86H164O17P2/c1-8-10-11-12-13-14-15-16-23-31-36-41-46-55-62-69-85(90)102-81(73-96-83(88)67-60-53-45-40-35-30-26-20-18-17-19-24-28-33-38-43-50-57-64-77(3)4)75-100-104(92,93)98-71-80(87)72-99-105(94,95)101-76-82(74-97-84(89)68-61-54-49-48-52-59-66-79(7)9-2)103-86(91)70-63-56-47-42-37-32-27-22-21-25-29-34-39-44-51-58-65-78(5)6/h14-16,23,77-82,87H,8-13,17-22,24-76H2,1-7H3,(H,92,93)(H,94,95)/b15-14-,23-16-/t79?,80-,81-,82-/m1/s1. The summed E-state index contributed by atoms with van der Waals surface area (Å²) < 4.78 is 68.8. The number of esters is 4. The molecule has 0 saturated carbocycles. The number of allylic oxidation sites excluding steroid dienone is 4. The van der Waals surface area contributed by atoms with Crippen LogP contribution in [0.15, 0.2) is 24.3 Å². The van der Waals surface area contributed by atoms with Gasteiger partial charge >= 0.3 is 39.5 Å². The highest BCUT2D eigenvalue weighted by Gasteiger charge is 2.30. The second-order valence-electron chi connectivity index (χ2n) is 31.4. The first kappa shape index (κ1) is 103. The van der Waals surface area contributed by atoms with E-state index in [0.29, 0.717) is 25.7 Å². The van der Waals surface area contributed by atoms with Crippen molar-refractivity contribution in [3.63, 3.8) is 0 Å². The molecule has 0 heterocycles. The Morgan fingerprint density at radius 2 is 0.562 bits per heavy atom. The van der Waals surface area contributed by atoms with Crippen LogP contribution in [-0.2, 0) is 65.4 Å². The van der Waals surface area contributed by atoms with Crippen molar-refractivity contribution < 1.29 is 80.2 Å². The highest BCUT2D eigenvalue weighted by molar-refractivity contribution is 7.47. The number of hydrogen-bond acceptors (Lipinski definition) is 15. The van der Waals surface area contributed by atoms with Crippen LogP contribution in [0, 0.1) is 17.8 Å². The number of aliphatic hydroxyl groups excluding tert-OH is 1. The number of ether oxygens (including phenoxy) is 4. The lowest BCUT2D eigenvalue weighted by atomic mass is 10.00. The number of carbonyl (C=O) groups is 4. The predicted octanol–water partition coefficient (Wildman–Crippen LogP) is 25.6. The zero-order valence-electron chi connectivity index (χ0n) is 68.7. The second-order valence-corrected chi connectivity index (χ2v) is 34.3. The fourth-order valence-corrected chi connectivity index (χ4v) is 14.4. The van der Waals surface area contributed by atoms with Crippen LogP contribution in [0.25, 0.3) is 0 Å². The van der Waals surface area contributed by atoms with Crippen LogP contribution in [0.4, 0.5) is 0 Å². The molecule has 17 nitrogen and oxygen atoms in total. The molecule has 6 atom stereocenters. The van der Waals surface area contributed by atoms with Crippen LogP contribution >= 0.6 is 15.6 Å². The van der Waals surface area contributed by atoms with Gasteiger partial charge in [-0.05, 0) is 69.1 Å². The van der Waals surface area contributed by atoms with E-state index in [0.717, 1.165) is 127 Å². The third-order valence-corrected chi connectivity index (χ3v) is 21.8. The maximum Gasteiger partial charge on any atom is 0.472 e. The van der Waals surface area contributed by atoms with Crippen molar-refractivity contribution >= 4 is 39.5 Å². The molecule has 0 saturated heterocycles. The Hall–Kier alpha value is -2.46. The highest BCUT2D eigenvalue weighted by Crippen LogP contribution is 2.45. The Morgan fingerprint density at radius 3 is 0.848 bits per heavy atom. The zero-order chi connectivity index (χ0) is 77.2. The summed E-state index contributed by atoms with van der Waals surface area (Å²) in [6, 6.07) is 0. The van der Waals surface area contributed by atoms with E-state index in [1.807, 2.05) is 0 Å². The molecule has 0 radical (unpaired) electrons. The maximum absolute atomic E-state index is 13.1. The molecular formula is C86H164O17P2. The van der Waals surface area contributed by atoms with Crippen molar-refractivity contribution in [2.45, 2.75) is 446 Å². The minimum Gasteiger partial charge on any atom is -0.462 e. The van der Waals surface area contributed by atoms with Gasteiger partial charge in [-0.25, -0.2) is 9.13 Å². The summed E-state index contributed by atoms with van der Waals surface area (Å²) in [4.78, 5) is 73.2. The predicted molar refractivity (Wildman–Crippen MR) is 432 cm³/mol. The molecule has 0 bridgehead atoms. The molecular weight excluding hydrogens is 1370 g/mol. The van der Waals surface area contributed by atoms with E-state index in [4.69, 9.17) is 37.0 Å². The van der Waals surface area contributed by atoms with Gasteiger partial charge < -0.3 is 33.8 Å². The minimum absolute atomic E-state index is 0.0854. The number of hydrogen-bond donors (Lipinski definition) is 3. The van der Waals surface area contributed by atoms with Crippen molar-refractivity contribution in [3.05, 3.63) is 24.3 Å². The number of phosphoric acid groups is 2. The van der Waals surface area contributed by atoms with Gasteiger partial charge in [0.25, 0.3) is 0 Å². The molecule has 3 N–H and O–H groups in total. The summed E-state index contributed by atoms with van der Waals surface area (Å²) in [6.45, 7) is 11.9. The molecule has 0 rings (SSSR count). The molecule has 0 amide bonds. The van der Waals surface area contributed by atoms with E-state index in [1.54, 1.807) is 0 Å². The fourth-order valence-electron chi connectivity index (χ4n) is 12.8. The number of unbranched alkanes of at least 4 members (excludes halogenated alkanes) is 46. The average Bonchev–Trinajstić information content (AvgIpc) is 0.910. The van der Waals surface area contributed by atoms with Crippen molar-refractivity contribution in [3.8, 4) is 0 Å². The van der Waals surface area contributed by atoms with Crippen LogP contribution in [0.1, 0.15) is 427 Å². The Bertz CT molecular complexity index is 2120. The monoisotopic (exact) mass is 1530 g/mol. The first-order valence-corrected chi connectivity index (χ1v) is 46.7. The van der Waals surface area contributed by atoms with Crippen molar-refractivity contribution in [2.75, 3.05) is 39.6 Å². The number of rotatable bonds is 82. The SMILES string of the molecule is CCCCCC/C=C\C=C/CCCCCCCC(=O)O[C@H](COC(=O)CCCCCCCCCCCCCCCCCCCCC(C)C)COP(=O)(O)OC[C@@H](O)COP(=O)(O)OC[C@@H](COC(=O)CCCCCCCCC(C)CC)OC(=O)CCCCCCCCCCCCCCCCCCC(C)C. The summed E-state index contributed by atoms with van der Waals surface area (Å²) in [5.74, 6) is 0.222. The lowest BCUT2D eigenvalue weighted by molar-refractivity contribution is -0.161. The Labute approximate surface area is 643 Å². The molecule has 0 aliphatic carbocycles. The molecule has 0 aromatic heterocycles.